The van der Waals surface area contributed by atoms with Gasteiger partial charge in [0.05, 0.1) is 18.3 Å². The minimum Gasteiger partial charge on any atom is -0.390 e. The molecule has 0 aromatic rings. The van der Waals surface area contributed by atoms with E-state index in [4.69, 9.17) is 4.74 Å². The van der Waals surface area contributed by atoms with E-state index < -0.39 is 0 Å². The Bertz CT molecular complexity index is 578. The van der Waals surface area contributed by atoms with Crippen molar-refractivity contribution in [3.63, 3.8) is 0 Å². The molecule has 11 atom stereocenters. The van der Waals surface area contributed by atoms with Crippen molar-refractivity contribution in [2.75, 3.05) is 13.7 Å². The van der Waals surface area contributed by atoms with Gasteiger partial charge in [-0.05, 0) is 111 Å². The van der Waals surface area contributed by atoms with E-state index in [1.165, 1.54) is 44.9 Å². The zero-order valence-electron chi connectivity index (χ0n) is 17.6. The van der Waals surface area contributed by atoms with Crippen LogP contribution in [-0.2, 0) is 4.74 Å². The molecule has 0 amide bonds. The van der Waals surface area contributed by atoms with Crippen LogP contribution in [-0.4, -0.2) is 35.6 Å². The smallest absolute Gasteiger partial charge is 0.0801 e. The van der Waals surface area contributed by atoms with Crippen LogP contribution < -0.4 is 0 Å². The quantitative estimate of drug-likeness (QED) is 0.771. The van der Waals surface area contributed by atoms with E-state index in [0.717, 1.165) is 42.4 Å². The van der Waals surface area contributed by atoms with Gasteiger partial charge in [-0.2, -0.15) is 0 Å². The summed E-state index contributed by atoms with van der Waals surface area (Å²) >= 11 is 0. The Hall–Kier alpha value is -0.120. The standard InChI is InChI=1S/C24H40O3/c1-14(22(25)13-27-3)19-6-7-20-17-4-5-18-16(9-11-24(26)12-21(18)24)15(17)8-10-23(19,20)2/h14-22,25-26H,4-13H2,1-3H3/t14-,15+,16+,17+,18-,19+,20-,21?,22+,23+,24-/m0/s1. The first-order valence-electron chi connectivity index (χ1n) is 11.8. The van der Waals surface area contributed by atoms with Crippen molar-refractivity contribution in [1.82, 2.24) is 0 Å². The van der Waals surface area contributed by atoms with Crippen LogP contribution in [0.4, 0.5) is 0 Å². The van der Waals surface area contributed by atoms with Crippen LogP contribution in [0.3, 0.4) is 0 Å². The van der Waals surface area contributed by atoms with Gasteiger partial charge in [-0.15, -0.1) is 0 Å². The van der Waals surface area contributed by atoms with Crippen molar-refractivity contribution in [3.8, 4) is 0 Å². The summed E-state index contributed by atoms with van der Waals surface area (Å²) in [4.78, 5) is 0. The molecule has 5 rings (SSSR count). The van der Waals surface area contributed by atoms with E-state index in [9.17, 15) is 10.2 Å². The highest BCUT2D eigenvalue weighted by Crippen LogP contribution is 2.69. The summed E-state index contributed by atoms with van der Waals surface area (Å²) in [6.07, 6.45) is 11.3. The van der Waals surface area contributed by atoms with Crippen molar-refractivity contribution in [2.24, 2.45) is 52.8 Å². The van der Waals surface area contributed by atoms with E-state index in [-0.39, 0.29) is 11.7 Å². The number of hydrogen-bond donors (Lipinski definition) is 2. The molecule has 1 unspecified atom stereocenters. The SMILES string of the molecule is COC[C@@H](O)[C@@H](C)[C@H]1CC[C@H]2[C@@H]3CC[C@@H]4C5C[C@@]5(O)CC[C@@H]4[C@H]3CC[C@]12C. The van der Waals surface area contributed by atoms with Gasteiger partial charge in [-0.1, -0.05) is 13.8 Å². The third-order valence-electron chi connectivity index (χ3n) is 10.6. The average Bonchev–Trinajstić information content (AvgIpc) is 3.22. The first-order valence-corrected chi connectivity index (χ1v) is 11.8. The predicted molar refractivity (Wildman–Crippen MR) is 106 cm³/mol. The second-order valence-corrected chi connectivity index (χ2v) is 11.4. The first kappa shape index (κ1) is 18.9. The highest BCUT2D eigenvalue weighted by Gasteiger charge is 2.65. The molecule has 0 aliphatic heterocycles. The van der Waals surface area contributed by atoms with Crippen LogP contribution in [0.25, 0.3) is 0 Å². The molecule has 0 spiro atoms. The molecule has 0 saturated heterocycles. The van der Waals surface area contributed by atoms with Gasteiger partial charge in [0.1, 0.15) is 0 Å². The summed E-state index contributed by atoms with van der Waals surface area (Å²) in [5.41, 5.74) is 0.166. The number of aliphatic hydroxyl groups is 2. The average molecular weight is 377 g/mol. The maximum absolute atomic E-state index is 10.6. The van der Waals surface area contributed by atoms with Gasteiger partial charge in [-0.3, -0.25) is 0 Å². The molecule has 154 valence electrons. The molecular formula is C24H40O3. The predicted octanol–water partition coefficient (Wildman–Crippen LogP) is 4.26. The third-order valence-corrected chi connectivity index (χ3v) is 10.6. The van der Waals surface area contributed by atoms with E-state index >= 15 is 0 Å². The Morgan fingerprint density at radius 2 is 1.59 bits per heavy atom. The first-order chi connectivity index (χ1) is 12.9. The maximum atomic E-state index is 10.6. The van der Waals surface area contributed by atoms with Crippen molar-refractivity contribution in [1.29, 1.82) is 0 Å². The van der Waals surface area contributed by atoms with Crippen molar-refractivity contribution in [3.05, 3.63) is 0 Å². The summed E-state index contributed by atoms with van der Waals surface area (Å²) in [5, 5.41) is 21.2. The fourth-order valence-electron chi connectivity index (χ4n) is 9.18. The molecule has 5 saturated carbocycles. The van der Waals surface area contributed by atoms with Gasteiger partial charge in [0.2, 0.25) is 0 Å². The minimum absolute atomic E-state index is 0.247. The van der Waals surface area contributed by atoms with Crippen LogP contribution in [0, 0.1) is 52.8 Å². The lowest BCUT2D eigenvalue weighted by molar-refractivity contribution is -0.0933. The monoisotopic (exact) mass is 376 g/mol. The largest absolute Gasteiger partial charge is 0.390 e. The Kier molecular flexibility index (Phi) is 4.50. The molecule has 5 aliphatic rings. The maximum Gasteiger partial charge on any atom is 0.0801 e. The lowest BCUT2D eigenvalue weighted by Crippen LogP contribution is -2.50. The summed E-state index contributed by atoms with van der Waals surface area (Å²) in [5.74, 6) is 6.04. The van der Waals surface area contributed by atoms with Gasteiger partial charge in [-0.25, -0.2) is 0 Å². The number of ether oxygens (including phenoxy) is 1. The molecule has 0 bridgehead atoms. The van der Waals surface area contributed by atoms with Gasteiger partial charge in [0, 0.05) is 7.11 Å². The van der Waals surface area contributed by atoms with E-state index in [1.807, 2.05) is 0 Å². The number of hydrogen-bond acceptors (Lipinski definition) is 3. The zero-order valence-corrected chi connectivity index (χ0v) is 17.6. The molecule has 0 heterocycles. The van der Waals surface area contributed by atoms with Gasteiger partial charge < -0.3 is 14.9 Å². The van der Waals surface area contributed by atoms with Crippen molar-refractivity contribution >= 4 is 0 Å². The second kappa shape index (κ2) is 6.44. The number of rotatable bonds is 4. The zero-order chi connectivity index (χ0) is 19.0. The molecule has 2 N–H and O–H groups in total. The lowest BCUT2D eigenvalue weighted by atomic mass is 9.49. The van der Waals surface area contributed by atoms with Crippen LogP contribution >= 0.6 is 0 Å². The number of methoxy groups -OCH3 is 1. The van der Waals surface area contributed by atoms with Gasteiger partial charge in [0.15, 0.2) is 0 Å². The Balaban J connectivity index is 1.33. The van der Waals surface area contributed by atoms with Crippen LogP contribution in [0.1, 0.15) is 71.6 Å². The van der Waals surface area contributed by atoms with Gasteiger partial charge >= 0.3 is 0 Å². The van der Waals surface area contributed by atoms with E-state index in [1.54, 1.807) is 7.11 Å². The Morgan fingerprint density at radius 3 is 2.30 bits per heavy atom. The van der Waals surface area contributed by atoms with Crippen molar-refractivity contribution in [2.45, 2.75) is 83.3 Å². The van der Waals surface area contributed by atoms with Crippen LogP contribution in [0.2, 0.25) is 0 Å². The molecule has 0 aromatic heterocycles. The normalized spacial score (nSPS) is 55.7. The molecule has 3 nitrogen and oxygen atoms in total. The van der Waals surface area contributed by atoms with E-state index in [0.29, 0.717) is 29.8 Å². The number of fused-ring (bicyclic) bond motifs is 7. The molecular weight excluding hydrogens is 336 g/mol. The fraction of sp³-hybridized carbons (Fsp3) is 1.00. The Morgan fingerprint density at radius 1 is 0.926 bits per heavy atom. The highest BCUT2D eigenvalue weighted by atomic mass is 16.5. The van der Waals surface area contributed by atoms with Crippen LogP contribution in [0.5, 0.6) is 0 Å². The summed E-state index contributed by atoms with van der Waals surface area (Å²) in [7, 11) is 1.70. The third kappa shape index (κ3) is 2.70. The van der Waals surface area contributed by atoms with Crippen LogP contribution in [0.15, 0.2) is 0 Å². The minimum atomic E-state index is -0.324. The second-order valence-electron chi connectivity index (χ2n) is 11.4. The highest BCUT2D eigenvalue weighted by molar-refractivity contribution is 5.15. The topological polar surface area (TPSA) is 49.7 Å². The summed E-state index contributed by atoms with van der Waals surface area (Å²) in [6, 6.07) is 0. The fourth-order valence-corrected chi connectivity index (χ4v) is 9.18. The number of aliphatic hydroxyl groups excluding tert-OH is 1. The summed E-state index contributed by atoms with van der Waals surface area (Å²) in [6.45, 7) is 5.30. The molecule has 27 heavy (non-hydrogen) atoms. The summed E-state index contributed by atoms with van der Waals surface area (Å²) < 4.78 is 5.25. The van der Waals surface area contributed by atoms with Gasteiger partial charge in [0.25, 0.3) is 0 Å². The molecule has 5 fully saturated rings. The molecule has 5 aliphatic carbocycles. The van der Waals surface area contributed by atoms with Crippen molar-refractivity contribution < 1.29 is 14.9 Å². The molecule has 0 radical (unpaired) electrons. The van der Waals surface area contributed by atoms with E-state index in [2.05, 4.69) is 13.8 Å². The Labute approximate surface area is 165 Å². The molecule has 3 heteroatoms. The lowest BCUT2D eigenvalue weighted by Gasteiger charge is -2.56. The molecule has 0 aromatic carbocycles.